The van der Waals surface area contributed by atoms with Crippen LogP contribution in [0.3, 0.4) is 0 Å². The smallest absolute Gasteiger partial charge is 0.226 e. The molecule has 8 heteroatoms. The molecule has 3 heterocycles. The maximum Gasteiger partial charge on any atom is 0.226 e. The van der Waals surface area contributed by atoms with Gasteiger partial charge in [0.25, 0.3) is 0 Å². The maximum absolute atomic E-state index is 6.33. The zero-order valence-electron chi connectivity index (χ0n) is 13.1. The topological polar surface area (TPSA) is 71.2 Å². The lowest BCUT2D eigenvalue weighted by molar-refractivity contribution is 0.315. The van der Waals surface area contributed by atoms with E-state index in [1.165, 1.54) is 11.8 Å². The molecule has 0 aliphatic carbocycles. The second-order valence-corrected chi connectivity index (χ2v) is 7.17. The molecule has 0 unspecified atom stereocenters. The van der Waals surface area contributed by atoms with Gasteiger partial charge in [-0.15, -0.1) is 0 Å². The number of nitrogens with zero attached hydrogens (tertiary/aromatic N) is 5. The predicted molar refractivity (Wildman–Crippen MR) is 94.1 cm³/mol. The Kier molecular flexibility index (Phi) is 4.89. The molecule has 1 aliphatic rings. The van der Waals surface area contributed by atoms with Gasteiger partial charge < -0.3 is 15.5 Å². The molecule has 2 aromatic rings. The largest absolute Gasteiger partial charge is 0.384 e. The number of pyridine rings is 1. The number of nitrogens with two attached hydrogens (primary N) is 1. The summed E-state index contributed by atoms with van der Waals surface area (Å²) in [5.74, 6) is 1.19. The molecule has 1 fully saturated rings. The third-order valence-corrected chi connectivity index (χ3v) is 5.26. The number of rotatable bonds is 4. The van der Waals surface area contributed by atoms with E-state index in [0.29, 0.717) is 23.0 Å². The fourth-order valence-corrected chi connectivity index (χ4v) is 3.46. The lowest BCUT2D eigenvalue weighted by Crippen LogP contribution is -2.32. The maximum atomic E-state index is 6.33. The van der Waals surface area contributed by atoms with Gasteiger partial charge in [0.15, 0.2) is 0 Å². The second kappa shape index (κ2) is 6.90. The Hall–Kier alpha value is -1.57. The Balaban J connectivity index is 1.72. The summed E-state index contributed by atoms with van der Waals surface area (Å²) in [6, 6.07) is 4.20. The Labute approximate surface area is 145 Å². The molecular weight excluding hydrogens is 332 g/mol. The van der Waals surface area contributed by atoms with E-state index in [0.717, 1.165) is 29.3 Å². The highest BCUT2D eigenvalue weighted by atomic mass is 35.5. The Bertz CT molecular complexity index is 678. The first-order chi connectivity index (χ1) is 11.0. The first-order valence-electron chi connectivity index (χ1n) is 7.36. The molecule has 0 aromatic carbocycles. The van der Waals surface area contributed by atoms with Gasteiger partial charge in [-0.3, -0.25) is 0 Å². The van der Waals surface area contributed by atoms with Gasteiger partial charge in [-0.2, -0.15) is 4.98 Å². The SMILES string of the molecule is CN(C)[C@@H]1CCN(c2ncc(Sc3ccc(N)nc3)c(Cl)n2)C1. The molecule has 23 heavy (non-hydrogen) atoms. The van der Waals surface area contributed by atoms with Crippen molar-refractivity contribution in [3.8, 4) is 0 Å². The summed E-state index contributed by atoms with van der Waals surface area (Å²) in [6.07, 6.45) is 4.60. The normalized spacial score (nSPS) is 17.9. The van der Waals surface area contributed by atoms with Gasteiger partial charge >= 0.3 is 0 Å². The molecule has 6 nitrogen and oxygen atoms in total. The Morgan fingerprint density at radius 1 is 1.30 bits per heavy atom. The first kappa shape index (κ1) is 16.3. The fraction of sp³-hybridized carbons (Fsp3) is 0.400. The van der Waals surface area contributed by atoms with Crippen LogP contribution in [-0.4, -0.2) is 53.1 Å². The van der Waals surface area contributed by atoms with Crippen LogP contribution in [-0.2, 0) is 0 Å². The van der Waals surface area contributed by atoms with Crippen molar-refractivity contribution >= 4 is 35.1 Å². The predicted octanol–water partition coefficient (Wildman–Crippen LogP) is 2.40. The van der Waals surface area contributed by atoms with Crippen molar-refractivity contribution in [2.24, 2.45) is 0 Å². The number of likely N-dealkylation sites (N-methyl/N-ethyl adjacent to an activating group) is 1. The van der Waals surface area contributed by atoms with E-state index >= 15 is 0 Å². The fourth-order valence-electron chi connectivity index (χ4n) is 2.49. The number of hydrogen-bond acceptors (Lipinski definition) is 7. The Morgan fingerprint density at radius 2 is 2.13 bits per heavy atom. The molecule has 3 rings (SSSR count). The van der Waals surface area contributed by atoms with E-state index < -0.39 is 0 Å². The van der Waals surface area contributed by atoms with Crippen molar-refractivity contribution in [3.05, 3.63) is 29.7 Å². The summed E-state index contributed by atoms with van der Waals surface area (Å²) in [5.41, 5.74) is 5.59. The number of halogens is 1. The molecule has 2 N–H and O–H groups in total. The van der Waals surface area contributed by atoms with Gasteiger partial charge in [-0.1, -0.05) is 23.4 Å². The van der Waals surface area contributed by atoms with E-state index in [1.807, 2.05) is 6.07 Å². The zero-order chi connectivity index (χ0) is 16.4. The monoisotopic (exact) mass is 350 g/mol. The summed E-state index contributed by atoms with van der Waals surface area (Å²) in [6.45, 7) is 1.88. The van der Waals surface area contributed by atoms with Crippen molar-refractivity contribution in [2.75, 3.05) is 37.8 Å². The minimum Gasteiger partial charge on any atom is -0.384 e. The highest BCUT2D eigenvalue weighted by molar-refractivity contribution is 7.99. The first-order valence-corrected chi connectivity index (χ1v) is 8.55. The molecule has 1 atom stereocenters. The average Bonchev–Trinajstić information content (AvgIpc) is 3.01. The van der Waals surface area contributed by atoms with Crippen LogP contribution in [0, 0.1) is 0 Å². The number of aromatic nitrogens is 3. The number of anilines is 2. The summed E-state index contributed by atoms with van der Waals surface area (Å²) in [4.78, 5) is 19.2. The molecule has 1 saturated heterocycles. The van der Waals surface area contributed by atoms with E-state index in [-0.39, 0.29) is 0 Å². The minimum atomic E-state index is 0.463. The van der Waals surface area contributed by atoms with Crippen molar-refractivity contribution in [1.82, 2.24) is 19.9 Å². The molecule has 0 radical (unpaired) electrons. The number of hydrogen-bond donors (Lipinski definition) is 1. The number of nitrogen functional groups attached to an aromatic ring is 1. The van der Waals surface area contributed by atoms with E-state index in [9.17, 15) is 0 Å². The molecule has 0 spiro atoms. The summed E-state index contributed by atoms with van der Waals surface area (Å²) in [7, 11) is 4.20. The van der Waals surface area contributed by atoms with Crippen LogP contribution in [0.4, 0.5) is 11.8 Å². The molecule has 0 amide bonds. The quantitative estimate of drug-likeness (QED) is 0.849. The lowest BCUT2D eigenvalue weighted by atomic mass is 10.2. The highest BCUT2D eigenvalue weighted by Gasteiger charge is 2.26. The van der Waals surface area contributed by atoms with Crippen LogP contribution < -0.4 is 10.6 Å². The van der Waals surface area contributed by atoms with Crippen LogP contribution in [0.5, 0.6) is 0 Å². The van der Waals surface area contributed by atoms with Gasteiger partial charge in [-0.25, -0.2) is 9.97 Å². The zero-order valence-corrected chi connectivity index (χ0v) is 14.7. The molecule has 0 bridgehead atoms. The Morgan fingerprint density at radius 3 is 2.74 bits per heavy atom. The summed E-state index contributed by atoms with van der Waals surface area (Å²) >= 11 is 7.81. The van der Waals surface area contributed by atoms with Crippen molar-refractivity contribution in [2.45, 2.75) is 22.3 Å². The van der Waals surface area contributed by atoms with Gasteiger partial charge in [0, 0.05) is 36.4 Å². The van der Waals surface area contributed by atoms with Gasteiger partial charge in [0.2, 0.25) is 5.95 Å². The van der Waals surface area contributed by atoms with Crippen LogP contribution in [0.15, 0.2) is 34.3 Å². The standard InChI is InChI=1S/C15H19ClN6S/c1-21(2)10-5-6-22(9-10)15-19-8-12(14(16)20-15)23-11-3-4-13(17)18-7-11/h3-4,7-8,10H,5-6,9H2,1-2H3,(H2,17,18)/t10-/m1/s1. The van der Waals surface area contributed by atoms with Crippen LogP contribution in [0.25, 0.3) is 0 Å². The highest BCUT2D eigenvalue weighted by Crippen LogP contribution is 2.32. The lowest BCUT2D eigenvalue weighted by Gasteiger charge is -2.20. The average molecular weight is 351 g/mol. The van der Waals surface area contributed by atoms with Crippen LogP contribution in [0.2, 0.25) is 5.15 Å². The molecule has 1 aliphatic heterocycles. The van der Waals surface area contributed by atoms with Crippen molar-refractivity contribution < 1.29 is 0 Å². The minimum absolute atomic E-state index is 0.463. The van der Waals surface area contributed by atoms with Crippen molar-refractivity contribution in [3.63, 3.8) is 0 Å². The summed E-state index contributed by atoms with van der Waals surface area (Å²) < 4.78 is 0. The van der Waals surface area contributed by atoms with Gasteiger partial charge in [0.1, 0.15) is 11.0 Å². The van der Waals surface area contributed by atoms with Gasteiger partial charge in [0.05, 0.1) is 4.90 Å². The third kappa shape index (κ3) is 3.85. The molecular formula is C15H19ClN6S. The molecule has 2 aromatic heterocycles. The van der Waals surface area contributed by atoms with Crippen LogP contribution >= 0.6 is 23.4 Å². The van der Waals surface area contributed by atoms with E-state index in [4.69, 9.17) is 17.3 Å². The van der Waals surface area contributed by atoms with Gasteiger partial charge in [-0.05, 0) is 32.6 Å². The third-order valence-electron chi connectivity index (χ3n) is 3.86. The van der Waals surface area contributed by atoms with E-state index in [2.05, 4.69) is 38.8 Å². The molecule has 122 valence electrons. The molecule has 0 saturated carbocycles. The van der Waals surface area contributed by atoms with Crippen LogP contribution in [0.1, 0.15) is 6.42 Å². The van der Waals surface area contributed by atoms with E-state index in [1.54, 1.807) is 18.5 Å². The second-order valence-electron chi connectivity index (χ2n) is 5.70. The van der Waals surface area contributed by atoms with Crippen molar-refractivity contribution in [1.29, 1.82) is 0 Å². The summed E-state index contributed by atoms with van der Waals surface area (Å²) in [5, 5.41) is 0.463.